The van der Waals surface area contributed by atoms with E-state index in [9.17, 15) is 5.11 Å². The van der Waals surface area contributed by atoms with E-state index in [1.807, 2.05) is 0 Å². The standard InChI is InChI=1S/C11H20O/c1-4-11(12)7-5-6-10(11)8-9(2)3/h4,9-10,12H,1,5-8H2,2-3H3. The number of aliphatic hydroxyl groups is 1. The van der Waals surface area contributed by atoms with Gasteiger partial charge in [0.2, 0.25) is 0 Å². The minimum Gasteiger partial charge on any atom is -0.386 e. The molecule has 1 nitrogen and oxygen atoms in total. The Morgan fingerprint density at radius 3 is 2.83 bits per heavy atom. The molecule has 2 unspecified atom stereocenters. The van der Waals surface area contributed by atoms with E-state index in [4.69, 9.17) is 0 Å². The van der Waals surface area contributed by atoms with Gasteiger partial charge in [-0.2, -0.15) is 0 Å². The summed E-state index contributed by atoms with van der Waals surface area (Å²) in [7, 11) is 0. The molecule has 0 aliphatic heterocycles. The van der Waals surface area contributed by atoms with E-state index < -0.39 is 5.60 Å². The van der Waals surface area contributed by atoms with Crippen molar-refractivity contribution in [1.82, 2.24) is 0 Å². The molecule has 1 heteroatoms. The Morgan fingerprint density at radius 2 is 2.33 bits per heavy atom. The Labute approximate surface area is 75.5 Å². The highest BCUT2D eigenvalue weighted by atomic mass is 16.3. The second kappa shape index (κ2) is 3.61. The lowest BCUT2D eigenvalue weighted by atomic mass is 9.84. The molecule has 0 radical (unpaired) electrons. The van der Waals surface area contributed by atoms with Crippen LogP contribution in [0.1, 0.15) is 39.5 Å². The topological polar surface area (TPSA) is 20.2 Å². The quantitative estimate of drug-likeness (QED) is 0.642. The highest BCUT2D eigenvalue weighted by Gasteiger charge is 2.38. The fourth-order valence-electron chi connectivity index (χ4n) is 2.25. The molecular formula is C11H20O. The van der Waals surface area contributed by atoms with Crippen LogP contribution in [0, 0.1) is 11.8 Å². The van der Waals surface area contributed by atoms with Crippen LogP contribution in [0.4, 0.5) is 0 Å². The zero-order valence-corrected chi connectivity index (χ0v) is 8.21. The van der Waals surface area contributed by atoms with E-state index in [-0.39, 0.29) is 0 Å². The minimum atomic E-state index is -0.551. The van der Waals surface area contributed by atoms with Crippen LogP contribution >= 0.6 is 0 Å². The Kier molecular flexibility index (Phi) is 2.94. The summed E-state index contributed by atoms with van der Waals surface area (Å²) >= 11 is 0. The predicted molar refractivity (Wildman–Crippen MR) is 51.9 cm³/mol. The van der Waals surface area contributed by atoms with Crippen LogP contribution in [-0.4, -0.2) is 10.7 Å². The third-order valence-corrected chi connectivity index (χ3v) is 2.95. The first-order valence-electron chi connectivity index (χ1n) is 4.94. The summed E-state index contributed by atoms with van der Waals surface area (Å²) in [6.07, 6.45) is 6.10. The maximum absolute atomic E-state index is 10.1. The van der Waals surface area contributed by atoms with Crippen LogP contribution in [0.15, 0.2) is 12.7 Å². The van der Waals surface area contributed by atoms with Gasteiger partial charge in [-0.05, 0) is 37.5 Å². The van der Waals surface area contributed by atoms with E-state index >= 15 is 0 Å². The lowest BCUT2D eigenvalue weighted by molar-refractivity contribution is 0.0423. The van der Waals surface area contributed by atoms with Crippen LogP contribution in [-0.2, 0) is 0 Å². The molecule has 0 aromatic rings. The molecule has 12 heavy (non-hydrogen) atoms. The molecule has 0 amide bonds. The normalized spacial score (nSPS) is 35.8. The van der Waals surface area contributed by atoms with Gasteiger partial charge in [0.1, 0.15) is 0 Å². The summed E-state index contributed by atoms with van der Waals surface area (Å²) in [5.41, 5.74) is -0.551. The van der Waals surface area contributed by atoms with E-state index in [1.54, 1.807) is 6.08 Å². The number of rotatable bonds is 3. The zero-order valence-electron chi connectivity index (χ0n) is 8.21. The van der Waals surface area contributed by atoms with Crippen molar-refractivity contribution in [3.63, 3.8) is 0 Å². The van der Waals surface area contributed by atoms with Crippen LogP contribution in [0.3, 0.4) is 0 Å². The Morgan fingerprint density at radius 1 is 1.67 bits per heavy atom. The van der Waals surface area contributed by atoms with Crippen molar-refractivity contribution in [2.24, 2.45) is 11.8 Å². The molecule has 0 bridgehead atoms. The van der Waals surface area contributed by atoms with Crippen molar-refractivity contribution < 1.29 is 5.11 Å². The second-order valence-corrected chi connectivity index (χ2v) is 4.41. The van der Waals surface area contributed by atoms with Crippen molar-refractivity contribution in [2.75, 3.05) is 0 Å². The first-order valence-corrected chi connectivity index (χ1v) is 4.94. The van der Waals surface area contributed by atoms with E-state index in [2.05, 4.69) is 20.4 Å². The molecule has 0 aromatic heterocycles. The van der Waals surface area contributed by atoms with Gasteiger partial charge in [0.25, 0.3) is 0 Å². The van der Waals surface area contributed by atoms with Crippen molar-refractivity contribution >= 4 is 0 Å². The largest absolute Gasteiger partial charge is 0.386 e. The van der Waals surface area contributed by atoms with Crippen molar-refractivity contribution in [3.8, 4) is 0 Å². The SMILES string of the molecule is C=CC1(O)CCCC1CC(C)C. The maximum atomic E-state index is 10.1. The Balaban J connectivity index is 2.57. The summed E-state index contributed by atoms with van der Waals surface area (Å²) in [5.74, 6) is 1.13. The molecule has 1 saturated carbocycles. The zero-order chi connectivity index (χ0) is 9.19. The molecule has 1 fully saturated rings. The smallest absolute Gasteiger partial charge is 0.0853 e. The van der Waals surface area contributed by atoms with Gasteiger partial charge in [0, 0.05) is 0 Å². The molecule has 2 atom stereocenters. The van der Waals surface area contributed by atoms with Crippen molar-refractivity contribution in [1.29, 1.82) is 0 Å². The van der Waals surface area contributed by atoms with Gasteiger partial charge >= 0.3 is 0 Å². The summed E-state index contributed by atoms with van der Waals surface area (Å²) in [4.78, 5) is 0. The summed E-state index contributed by atoms with van der Waals surface area (Å²) in [6, 6.07) is 0. The Hall–Kier alpha value is -0.300. The van der Waals surface area contributed by atoms with Crippen LogP contribution in [0.2, 0.25) is 0 Å². The van der Waals surface area contributed by atoms with Crippen LogP contribution in [0.5, 0.6) is 0 Å². The summed E-state index contributed by atoms with van der Waals surface area (Å²) in [6.45, 7) is 8.14. The number of hydrogen-bond donors (Lipinski definition) is 1. The first kappa shape index (κ1) is 9.79. The van der Waals surface area contributed by atoms with E-state index in [0.717, 1.165) is 19.3 Å². The maximum Gasteiger partial charge on any atom is 0.0853 e. The van der Waals surface area contributed by atoms with Gasteiger partial charge in [-0.25, -0.2) is 0 Å². The van der Waals surface area contributed by atoms with E-state index in [0.29, 0.717) is 11.8 Å². The monoisotopic (exact) mass is 168 g/mol. The van der Waals surface area contributed by atoms with Gasteiger partial charge < -0.3 is 5.11 Å². The molecular weight excluding hydrogens is 148 g/mol. The molecule has 0 heterocycles. The summed E-state index contributed by atoms with van der Waals surface area (Å²) in [5, 5.41) is 10.1. The van der Waals surface area contributed by atoms with Crippen LogP contribution in [0.25, 0.3) is 0 Å². The molecule has 1 aliphatic rings. The average molecular weight is 168 g/mol. The average Bonchev–Trinajstić information content (AvgIpc) is 2.33. The third kappa shape index (κ3) is 1.89. The first-order chi connectivity index (χ1) is 5.58. The number of hydrogen-bond acceptors (Lipinski definition) is 1. The lowest BCUT2D eigenvalue weighted by Gasteiger charge is -2.27. The predicted octanol–water partition coefficient (Wildman–Crippen LogP) is 2.75. The van der Waals surface area contributed by atoms with Crippen molar-refractivity contribution in [2.45, 2.75) is 45.1 Å². The highest BCUT2D eigenvalue weighted by Crippen LogP contribution is 2.39. The third-order valence-electron chi connectivity index (χ3n) is 2.95. The molecule has 0 spiro atoms. The van der Waals surface area contributed by atoms with Gasteiger partial charge in [-0.1, -0.05) is 19.9 Å². The summed E-state index contributed by atoms with van der Waals surface area (Å²) < 4.78 is 0. The fraction of sp³-hybridized carbons (Fsp3) is 0.818. The van der Waals surface area contributed by atoms with Crippen molar-refractivity contribution in [3.05, 3.63) is 12.7 Å². The van der Waals surface area contributed by atoms with E-state index in [1.165, 1.54) is 6.42 Å². The van der Waals surface area contributed by atoms with Gasteiger partial charge in [0.15, 0.2) is 0 Å². The molecule has 1 aliphatic carbocycles. The molecule has 70 valence electrons. The molecule has 0 saturated heterocycles. The molecule has 1 rings (SSSR count). The van der Waals surface area contributed by atoms with Gasteiger partial charge in [-0.15, -0.1) is 6.58 Å². The minimum absolute atomic E-state index is 0.454. The van der Waals surface area contributed by atoms with Gasteiger partial charge in [0.05, 0.1) is 5.60 Å². The molecule has 1 N–H and O–H groups in total. The molecule has 0 aromatic carbocycles. The lowest BCUT2D eigenvalue weighted by Crippen LogP contribution is -2.31. The fourth-order valence-corrected chi connectivity index (χ4v) is 2.25. The van der Waals surface area contributed by atoms with Gasteiger partial charge in [-0.3, -0.25) is 0 Å². The highest BCUT2D eigenvalue weighted by molar-refractivity contribution is 5.04. The second-order valence-electron chi connectivity index (χ2n) is 4.41. The van der Waals surface area contributed by atoms with Crippen LogP contribution < -0.4 is 0 Å². The Bertz CT molecular complexity index is 162.